The van der Waals surface area contributed by atoms with Crippen molar-refractivity contribution in [3.05, 3.63) is 51.2 Å². The zero-order valence-electron chi connectivity index (χ0n) is 15.9. The van der Waals surface area contributed by atoms with Crippen LogP contribution < -0.4 is 0 Å². The molecule has 2 aliphatic rings. The minimum absolute atomic E-state index is 0.0413. The zero-order chi connectivity index (χ0) is 19.9. The number of thiophene rings is 1. The molecule has 1 amide bonds. The molecule has 0 spiro atoms. The van der Waals surface area contributed by atoms with Crippen molar-refractivity contribution in [1.29, 1.82) is 0 Å². The van der Waals surface area contributed by atoms with Crippen molar-refractivity contribution in [1.82, 2.24) is 4.90 Å². The molecule has 1 saturated carbocycles. The molecule has 1 unspecified atom stereocenters. The lowest BCUT2D eigenvalue weighted by atomic mass is 9.95. The lowest BCUT2D eigenvalue weighted by Crippen LogP contribution is -2.54. The highest BCUT2D eigenvalue weighted by atomic mass is 35.5. The van der Waals surface area contributed by atoms with Crippen LogP contribution in [0.25, 0.3) is 0 Å². The van der Waals surface area contributed by atoms with Crippen LogP contribution in [0.5, 0.6) is 0 Å². The highest BCUT2D eigenvalue weighted by molar-refractivity contribution is 7.93. The highest BCUT2D eigenvalue weighted by Crippen LogP contribution is 2.45. The molecule has 7 heteroatoms. The van der Waals surface area contributed by atoms with Gasteiger partial charge in [-0.05, 0) is 67.0 Å². The Bertz CT molecular complexity index is 975. The third-order valence-electron chi connectivity index (χ3n) is 6.18. The van der Waals surface area contributed by atoms with E-state index in [-0.39, 0.29) is 16.8 Å². The van der Waals surface area contributed by atoms with Crippen molar-refractivity contribution in [2.24, 2.45) is 0 Å². The molecule has 0 saturated heterocycles. The van der Waals surface area contributed by atoms with Gasteiger partial charge in [-0.2, -0.15) is 0 Å². The monoisotopic (exact) mass is 437 g/mol. The molecular formula is C21H24ClNO3S2. The van der Waals surface area contributed by atoms with E-state index in [4.69, 9.17) is 11.6 Å². The van der Waals surface area contributed by atoms with Crippen molar-refractivity contribution < 1.29 is 13.2 Å². The topological polar surface area (TPSA) is 54.5 Å². The van der Waals surface area contributed by atoms with E-state index in [0.29, 0.717) is 24.4 Å². The predicted octanol–water partition coefficient (Wildman–Crippen LogP) is 5.02. The van der Waals surface area contributed by atoms with Crippen LogP contribution in [0.2, 0.25) is 5.02 Å². The number of carbonyl (C=O) groups excluding carboxylic acids is 1. The van der Waals surface area contributed by atoms with Crippen LogP contribution in [0.15, 0.2) is 40.6 Å². The third-order valence-corrected chi connectivity index (χ3v) is 9.93. The molecule has 1 atom stereocenters. The molecule has 0 bridgehead atoms. The van der Waals surface area contributed by atoms with Gasteiger partial charge in [-0.1, -0.05) is 31.4 Å². The van der Waals surface area contributed by atoms with E-state index in [1.54, 1.807) is 23.5 Å². The standard InChI is InChI=1S/C21H24ClNO3S2/c1-2-18-17-10-14-27-19(17)9-13-23(18)20(24)21(11-3-4-12-21)28(25,26)16-7-5-15(22)6-8-16/h5-8,10,14,18H,2-4,9,11-13H2,1H3. The molecule has 0 radical (unpaired) electrons. The quantitative estimate of drug-likeness (QED) is 0.674. The summed E-state index contributed by atoms with van der Waals surface area (Å²) in [4.78, 5) is 17.2. The van der Waals surface area contributed by atoms with Crippen LogP contribution in [-0.4, -0.2) is 30.5 Å². The van der Waals surface area contributed by atoms with E-state index in [2.05, 4.69) is 18.4 Å². The van der Waals surface area contributed by atoms with Gasteiger partial charge in [0.1, 0.15) is 0 Å². The number of halogens is 1. The predicted molar refractivity (Wildman–Crippen MR) is 113 cm³/mol. The summed E-state index contributed by atoms with van der Waals surface area (Å²) in [5, 5.41) is 2.55. The second kappa shape index (κ2) is 7.47. The van der Waals surface area contributed by atoms with Crippen LogP contribution in [0, 0.1) is 0 Å². The van der Waals surface area contributed by atoms with Gasteiger partial charge in [0.05, 0.1) is 10.9 Å². The summed E-state index contributed by atoms with van der Waals surface area (Å²) in [5.41, 5.74) is 1.18. The van der Waals surface area contributed by atoms with Gasteiger partial charge in [-0.3, -0.25) is 4.79 Å². The van der Waals surface area contributed by atoms with Crippen LogP contribution >= 0.6 is 22.9 Å². The van der Waals surface area contributed by atoms with Gasteiger partial charge < -0.3 is 4.90 Å². The van der Waals surface area contributed by atoms with Crippen molar-refractivity contribution in [3.63, 3.8) is 0 Å². The van der Waals surface area contributed by atoms with Crippen molar-refractivity contribution in [3.8, 4) is 0 Å². The number of carbonyl (C=O) groups is 1. The molecule has 1 aliphatic heterocycles. The van der Waals surface area contributed by atoms with Gasteiger partial charge in [0.15, 0.2) is 14.6 Å². The smallest absolute Gasteiger partial charge is 0.244 e. The number of rotatable bonds is 4. The number of amides is 1. The zero-order valence-corrected chi connectivity index (χ0v) is 18.2. The second-order valence-electron chi connectivity index (χ2n) is 7.63. The van der Waals surface area contributed by atoms with Gasteiger partial charge in [0, 0.05) is 16.4 Å². The number of hydrogen-bond donors (Lipinski definition) is 0. The lowest BCUT2D eigenvalue weighted by Gasteiger charge is -2.41. The summed E-state index contributed by atoms with van der Waals surface area (Å²) < 4.78 is 25.9. The molecular weight excluding hydrogens is 414 g/mol. The maximum atomic E-state index is 13.8. The lowest BCUT2D eigenvalue weighted by molar-refractivity contribution is -0.137. The van der Waals surface area contributed by atoms with Gasteiger partial charge >= 0.3 is 0 Å². The molecule has 1 aliphatic carbocycles. The number of sulfone groups is 1. The second-order valence-corrected chi connectivity index (χ2v) is 11.3. The molecule has 28 heavy (non-hydrogen) atoms. The van der Waals surface area contributed by atoms with Crippen molar-refractivity contribution >= 4 is 38.7 Å². The summed E-state index contributed by atoms with van der Waals surface area (Å²) in [7, 11) is -3.81. The fourth-order valence-electron chi connectivity index (χ4n) is 4.72. The Balaban J connectivity index is 1.75. The number of hydrogen-bond acceptors (Lipinski definition) is 4. The molecule has 1 aromatic carbocycles. The largest absolute Gasteiger partial charge is 0.334 e. The van der Waals surface area contributed by atoms with E-state index in [1.165, 1.54) is 22.6 Å². The average molecular weight is 438 g/mol. The van der Waals surface area contributed by atoms with Gasteiger partial charge in [0.25, 0.3) is 0 Å². The van der Waals surface area contributed by atoms with Crippen LogP contribution in [0.3, 0.4) is 0 Å². The van der Waals surface area contributed by atoms with Gasteiger partial charge in [-0.25, -0.2) is 8.42 Å². The van der Waals surface area contributed by atoms with E-state index in [0.717, 1.165) is 25.7 Å². The maximum Gasteiger partial charge on any atom is 0.244 e. The number of fused-ring (bicyclic) bond motifs is 1. The highest BCUT2D eigenvalue weighted by Gasteiger charge is 2.55. The SMILES string of the molecule is CCC1c2ccsc2CCN1C(=O)C1(S(=O)(=O)c2ccc(Cl)cc2)CCCC1. The Kier molecular flexibility index (Phi) is 5.31. The van der Waals surface area contributed by atoms with E-state index < -0.39 is 14.6 Å². The summed E-state index contributed by atoms with van der Waals surface area (Å²) in [6.07, 6.45) is 3.87. The summed E-state index contributed by atoms with van der Waals surface area (Å²) in [6.45, 7) is 2.65. The Hall–Kier alpha value is -1.37. The Labute approximate surface area is 175 Å². The van der Waals surface area contributed by atoms with Crippen molar-refractivity contribution in [2.45, 2.75) is 61.1 Å². The first-order chi connectivity index (χ1) is 13.4. The fraction of sp³-hybridized carbons (Fsp3) is 0.476. The van der Waals surface area contributed by atoms with Gasteiger partial charge in [-0.15, -0.1) is 11.3 Å². The first-order valence-corrected chi connectivity index (χ1v) is 12.5. The first kappa shape index (κ1) is 19.9. The molecule has 4 nitrogen and oxygen atoms in total. The third kappa shape index (κ3) is 3.01. The fourth-order valence-corrected chi connectivity index (χ4v) is 7.90. The minimum atomic E-state index is -3.81. The van der Waals surface area contributed by atoms with Gasteiger partial charge in [0.2, 0.25) is 5.91 Å². The molecule has 0 N–H and O–H groups in total. The van der Waals surface area contributed by atoms with Crippen LogP contribution in [0.4, 0.5) is 0 Å². The Morgan fingerprint density at radius 2 is 1.89 bits per heavy atom. The maximum absolute atomic E-state index is 13.8. The molecule has 2 aromatic rings. The summed E-state index contributed by atoms with van der Waals surface area (Å²) in [5.74, 6) is -0.219. The normalized spacial score (nSPS) is 21.5. The minimum Gasteiger partial charge on any atom is -0.334 e. The Morgan fingerprint density at radius 1 is 1.21 bits per heavy atom. The van der Waals surface area contributed by atoms with E-state index in [9.17, 15) is 13.2 Å². The first-order valence-electron chi connectivity index (χ1n) is 9.78. The molecule has 4 rings (SSSR count). The number of nitrogens with zero attached hydrogens (tertiary/aromatic N) is 1. The van der Waals surface area contributed by atoms with Crippen LogP contribution in [0.1, 0.15) is 55.5 Å². The summed E-state index contributed by atoms with van der Waals surface area (Å²) >= 11 is 7.67. The van der Waals surface area contributed by atoms with Crippen LogP contribution in [-0.2, 0) is 21.1 Å². The molecule has 1 aromatic heterocycles. The average Bonchev–Trinajstić information content (AvgIpc) is 3.37. The van der Waals surface area contributed by atoms with Crippen molar-refractivity contribution in [2.75, 3.05) is 6.54 Å². The molecule has 150 valence electrons. The molecule has 2 heterocycles. The number of benzene rings is 1. The molecule has 1 fully saturated rings. The Morgan fingerprint density at radius 3 is 2.54 bits per heavy atom. The van der Waals surface area contributed by atoms with E-state index >= 15 is 0 Å². The summed E-state index contributed by atoms with van der Waals surface area (Å²) in [6, 6.07) is 8.25. The van der Waals surface area contributed by atoms with E-state index in [1.807, 2.05) is 4.90 Å².